The number of carbonyl (C=O) groups is 1. The Labute approximate surface area is 143 Å². The molecule has 23 heavy (non-hydrogen) atoms. The van der Waals surface area contributed by atoms with Crippen molar-refractivity contribution in [3.05, 3.63) is 57.1 Å². The minimum Gasteiger partial charge on any atom is -0.444 e. The molecule has 0 aromatic heterocycles. The van der Waals surface area contributed by atoms with Gasteiger partial charge in [0.25, 0.3) is 0 Å². The van der Waals surface area contributed by atoms with E-state index in [0.717, 1.165) is 10.0 Å². The molecule has 0 saturated carbocycles. The Hall–Kier alpha value is -2.06. The quantitative estimate of drug-likeness (QED) is 0.810. The van der Waals surface area contributed by atoms with E-state index in [9.17, 15) is 10.1 Å². The lowest BCUT2D eigenvalue weighted by Gasteiger charge is -2.37. The number of carbonyl (C=O) groups excluding carboxylic acids is 1. The number of benzene rings is 1. The molecule has 0 spiro atoms. The summed E-state index contributed by atoms with van der Waals surface area (Å²) in [6.45, 7) is 4.07. The molecular formula is C18H17BrN2O2. The zero-order chi connectivity index (χ0) is 16.8. The summed E-state index contributed by atoms with van der Waals surface area (Å²) < 4.78 is 6.60. The van der Waals surface area contributed by atoms with Gasteiger partial charge in [-0.1, -0.05) is 41.9 Å². The van der Waals surface area contributed by atoms with Crippen molar-refractivity contribution >= 4 is 21.7 Å². The van der Waals surface area contributed by atoms with Gasteiger partial charge in [-0.25, -0.2) is 0 Å². The normalized spacial score (nSPS) is 23.2. The van der Waals surface area contributed by atoms with Crippen LogP contribution in [0.25, 0.3) is 0 Å². The minimum atomic E-state index is -0.444. The minimum absolute atomic E-state index is 0.0319. The molecule has 5 heteroatoms. The highest BCUT2D eigenvalue weighted by molar-refractivity contribution is 9.10. The molecule has 1 aromatic rings. The number of halogens is 1. The summed E-state index contributed by atoms with van der Waals surface area (Å²) in [6, 6.07) is 9.73. The first-order valence-corrected chi connectivity index (χ1v) is 8.21. The molecule has 0 bridgehead atoms. The second-order valence-electron chi connectivity index (χ2n) is 6.75. The molecule has 1 unspecified atom stereocenters. The molecule has 3 rings (SSSR count). The van der Waals surface area contributed by atoms with Crippen molar-refractivity contribution in [3.63, 3.8) is 0 Å². The van der Waals surface area contributed by atoms with E-state index in [4.69, 9.17) is 10.5 Å². The first kappa shape index (κ1) is 15.8. The summed E-state index contributed by atoms with van der Waals surface area (Å²) in [5.74, 6) is 0.296. The Bertz CT molecular complexity index is 782. The van der Waals surface area contributed by atoms with Crippen LogP contribution in [-0.4, -0.2) is 5.78 Å². The molecule has 1 aliphatic heterocycles. The van der Waals surface area contributed by atoms with Crippen LogP contribution in [0.3, 0.4) is 0 Å². The molecule has 4 nitrogen and oxygen atoms in total. The van der Waals surface area contributed by atoms with Crippen molar-refractivity contribution < 1.29 is 9.53 Å². The van der Waals surface area contributed by atoms with Gasteiger partial charge in [-0.3, -0.25) is 4.79 Å². The Morgan fingerprint density at radius 2 is 1.96 bits per heavy atom. The van der Waals surface area contributed by atoms with Crippen molar-refractivity contribution in [1.82, 2.24) is 0 Å². The fourth-order valence-electron chi connectivity index (χ4n) is 3.27. The maximum absolute atomic E-state index is 12.7. The van der Waals surface area contributed by atoms with Gasteiger partial charge in [0.1, 0.15) is 17.4 Å². The number of rotatable bonds is 1. The van der Waals surface area contributed by atoms with Gasteiger partial charge in [0, 0.05) is 22.9 Å². The lowest BCUT2D eigenvalue weighted by Crippen LogP contribution is -2.33. The molecule has 1 aromatic carbocycles. The molecule has 1 atom stereocenters. The summed E-state index contributed by atoms with van der Waals surface area (Å²) in [7, 11) is 0. The van der Waals surface area contributed by atoms with Crippen LogP contribution >= 0.6 is 15.9 Å². The average molecular weight is 373 g/mol. The van der Waals surface area contributed by atoms with Crippen LogP contribution in [-0.2, 0) is 9.53 Å². The van der Waals surface area contributed by atoms with Crippen LogP contribution in [0.2, 0.25) is 0 Å². The number of nitrogens with two attached hydrogens (primary N) is 1. The van der Waals surface area contributed by atoms with E-state index in [1.807, 2.05) is 38.1 Å². The number of ether oxygens (including phenoxy) is 1. The molecule has 0 amide bonds. The molecule has 2 aliphatic rings. The highest BCUT2D eigenvalue weighted by Gasteiger charge is 2.42. The zero-order valence-corrected chi connectivity index (χ0v) is 14.6. The van der Waals surface area contributed by atoms with Gasteiger partial charge in [0.15, 0.2) is 5.78 Å². The van der Waals surface area contributed by atoms with Gasteiger partial charge in [-0.2, -0.15) is 5.26 Å². The van der Waals surface area contributed by atoms with E-state index in [0.29, 0.717) is 29.7 Å². The molecule has 0 saturated heterocycles. The van der Waals surface area contributed by atoms with Crippen molar-refractivity contribution in [2.45, 2.75) is 32.6 Å². The fraction of sp³-hybridized carbons (Fsp3) is 0.333. The number of nitrogens with zero attached hydrogens (tertiary/aromatic N) is 1. The molecule has 118 valence electrons. The van der Waals surface area contributed by atoms with Crippen molar-refractivity contribution in [2.75, 3.05) is 0 Å². The third-order valence-electron chi connectivity index (χ3n) is 4.28. The summed E-state index contributed by atoms with van der Waals surface area (Å²) in [6.07, 6.45) is 1.08. The van der Waals surface area contributed by atoms with Crippen molar-refractivity contribution in [3.8, 4) is 6.07 Å². The maximum atomic E-state index is 12.7. The number of hydrogen-bond acceptors (Lipinski definition) is 4. The predicted octanol–water partition coefficient (Wildman–Crippen LogP) is 3.90. The predicted molar refractivity (Wildman–Crippen MR) is 89.8 cm³/mol. The highest BCUT2D eigenvalue weighted by atomic mass is 79.9. The van der Waals surface area contributed by atoms with Crippen LogP contribution in [0, 0.1) is 16.7 Å². The van der Waals surface area contributed by atoms with E-state index in [2.05, 4.69) is 22.0 Å². The summed E-state index contributed by atoms with van der Waals surface area (Å²) >= 11 is 3.40. The highest BCUT2D eigenvalue weighted by Crippen LogP contribution is 2.47. The largest absolute Gasteiger partial charge is 0.444 e. The van der Waals surface area contributed by atoms with Gasteiger partial charge >= 0.3 is 0 Å². The molecule has 0 radical (unpaired) electrons. The smallest absolute Gasteiger partial charge is 0.205 e. The van der Waals surface area contributed by atoms with Crippen LogP contribution in [0.4, 0.5) is 0 Å². The van der Waals surface area contributed by atoms with E-state index in [1.54, 1.807) is 0 Å². The number of hydrogen-bond donors (Lipinski definition) is 1. The molecule has 1 heterocycles. The average Bonchev–Trinajstić information content (AvgIpc) is 2.45. The SMILES string of the molecule is CC1(C)CC(=O)C2=C(C1)OC(N)=C(C#N)C2c1ccc(Br)cc1. The van der Waals surface area contributed by atoms with E-state index < -0.39 is 5.92 Å². The Morgan fingerprint density at radius 1 is 1.30 bits per heavy atom. The third kappa shape index (κ3) is 2.79. The van der Waals surface area contributed by atoms with E-state index in [1.165, 1.54) is 0 Å². The van der Waals surface area contributed by atoms with Gasteiger partial charge in [-0.15, -0.1) is 0 Å². The number of Topliss-reactive ketones (excluding diaryl/α,β-unsaturated/α-hetero) is 1. The second kappa shape index (κ2) is 5.54. The lowest BCUT2D eigenvalue weighted by atomic mass is 9.70. The van der Waals surface area contributed by atoms with Crippen LogP contribution in [0.15, 0.2) is 51.5 Å². The number of ketones is 1. The maximum Gasteiger partial charge on any atom is 0.205 e. The number of nitriles is 1. The molecule has 1 aliphatic carbocycles. The van der Waals surface area contributed by atoms with Crippen molar-refractivity contribution in [2.24, 2.45) is 11.1 Å². The first-order chi connectivity index (χ1) is 10.8. The molecular weight excluding hydrogens is 356 g/mol. The van der Waals surface area contributed by atoms with Gasteiger partial charge in [0.2, 0.25) is 5.88 Å². The van der Waals surface area contributed by atoms with Crippen LogP contribution in [0.5, 0.6) is 0 Å². The summed E-state index contributed by atoms with van der Waals surface area (Å²) in [4.78, 5) is 12.7. The number of allylic oxidation sites excluding steroid dienone is 3. The lowest BCUT2D eigenvalue weighted by molar-refractivity contribution is -0.119. The monoisotopic (exact) mass is 372 g/mol. The van der Waals surface area contributed by atoms with Crippen LogP contribution < -0.4 is 5.73 Å². The fourth-order valence-corrected chi connectivity index (χ4v) is 3.54. The van der Waals surface area contributed by atoms with Gasteiger partial charge in [0.05, 0.1) is 5.92 Å². The third-order valence-corrected chi connectivity index (χ3v) is 4.81. The molecule has 0 fully saturated rings. The zero-order valence-electron chi connectivity index (χ0n) is 13.0. The van der Waals surface area contributed by atoms with Crippen molar-refractivity contribution in [1.29, 1.82) is 5.26 Å². The van der Waals surface area contributed by atoms with Crippen LogP contribution in [0.1, 0.15) is 38.2 Å². The topological polar surface area (TPSA) is 76.1 Å². The second-order valence-corrected chi connectivity index (χ2v) is 7.67. The Balaban J connectivity index is 2.17. The summed E-state index contributed by atoms with van der Waals surface area (Å²) in [5, 5.41) is 9.52. The first-order valence-electron chi connectivity index (χ1n) is 7.42. The van der Waals surface area contributed by atoms with E-state index >= 15 is 0 Å². The standard InChI is InChI=1S/C18H17BrN2O2/c1-18(2)7-13(22)16-14(8-18)23-17(21)12(9-20)15(16)10-3-5-11(19)6-4-10/h3-6,15H,7-8,21H2,1-2H3. The Kier molecular flexibility index (Phi) is 3.81. The molecule has 2 N–H and O–H groups in total. The van der Waals surface area contributed by atoms with E-state index in [-0.39, 0.29) is 17.1 Å². The van der Waals surface area contributed by atoms with Gasteiger partial charge in [-0.05, 0) is 23.1 Å². The Morgan fingerprint density at radius 3 is 2.57 bits per heavy atom. The summed E-state index contributed by atoms with van der Waals surface area (Å²) in [5.41, 5.74) is 7.56. The van der Waals surface area contributed by atoms with Gasteiger partial charge < -0.3 is 10.5 Å².